The van der Waals surface area contributed by atoms with Gasteiger partial charge < -0.3 is 29.9 Å². The summed E-state index contributed by atoms with van der Waals surface area (Å²) in [5.41, 5.74) is 1.43. The summed E-state index contributed by atoms with van der Waals surface area (Å²) >= 11 is 0. The molecule has 2 aromatic heterocycles. The highest BCUT2D eigenvalue weighted by molar-refractivity contribution is 5.94. The number of carbonyl (C=O) groups excluding carboxylic acids is 1. The minimum absolute atomic E-state index is 0.0906. The minimum Gasteiger partial charge on any atom is -0.475 e. The highest BCUT2D eigenvalue weighted by Crippen LogP contribution is 2.24. The number of carbonyl (C=O) groups is 3. The van der Waals surface area contributed by atoms with Gasteiger partial charge in [0.2, 0.25) is 0 Å². The van der Waals surface area contributed by atoms with E-state index in [1.54, 1.807) is 36.5 Å². The maximum Gasteiger partial charge on any atom is 0.490 e. The number of anilines is 1. The number of hydrogen-bond donors (Lipinski definition) is 3. The number of halogens is 6. The molecule has 12 nitrogen and oxygen atoms in total. The number of methoxy groups -OCH3 is 1. The monoisotopic (exact) mass is 585 g/mol. The molecule has 1 saturated heterocycles. The van der Waals surface area contributed by atoms with E-state index in [2.05, 4.69) is 20.3 Å². The summed E-state index contributed by atoms with van der Waals surface area (Å²) < 4.78 is 74.1. The number of rotatable bonds is 6. The first-order valence-electron chi connectivity index (χ1n) is 11.0. The second kappa shape index (κ2) is 15.5. The molecule has 1 fully saturated rings. The van der Waals surface area contributed by atoms with Crippen molar-refractivity contribution in [2.75, 3.05) is 45.3 Å². The number of alkyl halides is 6. The van der Waals surface area contributed by atoms with Crippen LogP contribution in [0.5, 0.6) is 0 Å². The smallest absolute Gasteiger partial charge is 0.475 e. The zero-order valence-corrected chi connectivity index (χ0v) is 21.0. The average Bonchev–Trinajstić information content (AvgIpc) is 2.89. The SMILES string of the molecule is COCCNc1ccnc(C2COCCN2C(=O)c2ccc(C)nc2)n1.O=C(O)C(F)(F)F.O=C(O)C(F)(F)F. The van der Waals surface area contributed by atoms with Crippen LogP contribution in [0.15, 0.2) is 30.6 Å². The molecule has 3 heterocycles. The van der Waals surface area contributed by atoms with Gasteiger partial charge in [0.1, 0.15) is 11.9 Å². The highest BCUT2D eigenvalue weighted by Gasteiger charge is 2.39. The van der Waals surface area contributed by atoms with Crippen LogP contribution in [-0.4, -0.2) is 100 Å². The Kier molecular flexibility index (Phi) is 13.2. The molecule has 1 aliphatic heterocycles. The molecule has 0 aromatic carbocycles. The average molecular weight is 585 g/mol. The van der Waals surface area contributed by atoms with Gasteiger partial charge in [0, 0.05) is 38.3 Å². The van der Waals surface area contributed by atoms with Crippen LogP contribution in [0.3, 0.4) is 0 Å². The van der Waals surface area contributed by atoms with Crippen LogP contribution in [0.2, 0.25) is 0 Å². The van der Waals surface area contributed by atoms with Gasteiger partial charge in [-0.25, -0.2) is 19.6 Å². The zero-order valence-electron chi connectivity index (χ0n) is 21.0. The van der Waals surface area contributed by atoms with E-state index in [0.29, 0.717) is 50.1 Å². The maximum atomic E-state index is 12.9. The fourth-order valence-electron chi connectivity index (χ4n) is 2.73. The Bertz CT molecular complexity index is 1090. The van der Waals surface area contributed by atoms with Crippen molar-refractivity contribution in [3.63, 3.8) is 0 Å². The molecule has 2 aromatic rings. The predicted molar refractivity (Wildman–Crippen MR) is 123 cm³/mol. The van der Waals surface area contributed by atoms with Gasteiger partial charge in [-0.05, 0) is 25.1 Å². The largest absolute Gasteiger partial charge is 0.490 e. The lowest BCUT2D eigenvalue weighted by Crippen LogP contribution is -2.44. The van der Waals surface area contributed by atoms with Crippen molar-refractivity contribution in [1.82, 2.24) is 19.9 Å². The summed E-state index contributed by atoms with van der Waals surface area (Å²) in [4.78, 5) is 45.6. The third-order valence-electron chi connectivity index (χ3n) is 4.62. The standard InChI is InChI=1S/C18H23N5O3.2C2HF3O2/c1-13-3-4-14(11-21-13)18(24)23-8-10-26-12-15(23)17-20-6-5-16(22-17)19-7-9-25-2;2*3-2(4,5)1(6)7/h3-6,11,15H,7-10,12H2,1-2H3,(H,19,20,22);2*(H,6,7). The van der Waals surface area contributed by atoms with E-state index < -0.39 is 24.3 Å². The summed E-state index contributed by atoms with van der Waals surface area (Å²) in [7, 11) is 1.65. The summed E-state index contributed by atoms with van der Waals surface area (Å²) in [6.07, 6.45) is -6.88. The number of amides is 1. The Balaban J connectivity index is 0.000000473. The Labute approximate surface area is 223 Å². The number of carboxylic acid groups (broad SMARTS) is 2. The van der Waals surface area contributed by atoms with Crippen molar-refractivity contribution in [3.8, 4) is 0 Å². The Morgan fingerprint density at radius 3 is 2.17 bits per heavy atom. The second-order valence-corrected chi connectivity index (χ2v) is 7.60. The van der Waals surface area contributed by atoms with Gasteiger partial charge in [0.05, 0.1) is 25.4 Å². The molecule has 0 saturated carbocycles. The van der Waals surface area contributed by atoms with Gasteiger partial charge in [-0.2, -0.15) is 26.3 Å². The van der Waals surface area contributed by atoms with Gasteiger partial charge in [-0.15, -0.1) is 0 Å². The summed E-state index contributed by atoms with van der Waals surface area (Å²) in [6, 6.07) is 5.08. The maximum absolute atomic E-state index is 12.9. The molecular weight excluding hydrogens is 560 g/mol. The third-order valence-corrected chi connectivity index (χ3v) is 4.62. The van der Waals surface area contributed by atoms with Gasteiger partial charge in [-0.3, -0.25) is 9.78 Å². The lowest BCUT2D eigenvalue weighted by Gasteiger charge is -2.34. The van der Waals surface area contributed by atoms with Crippen LogP contribution >= 0.6 is 0 Å². The van der Waals surface area contributed by atoms with Crippen molar-refractivity contribution in [2.24, 2.45) is 0 Å². The molecule has 1 aliphatic rings. The second-order valence-electron chi connectivity index (χ2n) is 7.60. The van der Waals surface area contributed by atoms with E-state index in [1.807, 2.05) is 13.0 Å². The van der Waals surface area contributed by atoms with E-state index >= 15 is 0 Å². The molecule has 0 spiro atoms. The molecule has 222 valence electrons. The number of nitrogens with one attached hydrogen (secondary N) is 1. The Morgan fingerprint density at radius 1 is 1.07 bits per heavy atom. The number of pyridine rings is 1. The first-order chi connectivity index (χ1) is 18.6. The van der Waals surface area contributed by atoms with E-state index in [1.165, 1.54) is 0 Å². The molecule has 3 N–H and O–H groups in total. The first kappa shape index (κ1) is 34.0. The van der Waals surface area contributed by atoms with Crippen LogP contribution in [-0.2, 0) is 19.1 Å². The number of aliphatic carboxylic acids is 2. The molecule has 3 rings (SSSR count). The molecule has 1 unspecified atom stereocenters. The molecule has 1 amide bonds. The lowest BCUT2D eigenvalue weighted by atomic mass is 10.1. The number of aryl methyl sites for hydroxylation is 1. The Morgan fingerprint density at radius 2 is 1.68 bits per heavy atom. The molecular formula is C22H25F6N5O7. The topological polar surface area (TPSA) is 164 Å². The molecule has 0 aliphatic carbocycles. The number of morpholine rings is 1. The van der Waals surface area contributed by atoms with Gasteiger partial charge in [-0.1, -0.05) is 0 Å². The molecule has 0 bridgehead atoms. The van der Waals surface area contributed by atoms with Gasteiger partial charge in [0.15, 0.2) is 5.82 Å². The first-order valence-corrected chi connectivity index (χ1v) is 11.0. The number of aromatic nitrogens is 3. The van der Waals surface area contributed by atoms with Crippen molar-refractivity contribution in [2.45, 2.75) is 25.3 Å². The van der Waals surface area contributed by atoms with E-state index in [4.69, 9.17) is 29.3 Å². The Hall–Kier alpha value is -4.06. The van der Waals surface area contributed by atoms with Gasteiger partial charge in [0.25, 0.3) is 5.91 Å². The molecule has 18 heteroatoms. The zero-order chi connectivity index (χ0) is 30.5. The number of carboxylic acids is 2. The fraction of sp³-hybridized carbons (Fsp3) is 0.455. The van der Waals surface area contributed by atoms with Crippen LogP contribution in [0, 0.1) is 6.92 Å². The van der Waals surface area contributed by atoms with Gasteiger partial charge >= 0.3 is 24.3 Å². The van der Waals surface area contributed by atoms with Crippen molar-refractivity contribution in [3.05, 3.63) is 47.7 Å². The lowest BCUT2D eigenvalue weighted by molar-refractivity contribution is -0.193. The van der Waals surface area contributed by atoms with Crippen molar-refractivity contribution >= 4 is 23.7 Å². The molecule has 40 heavy (non-hydrogen) atoms. The van der Waals surface area contributed by atoms with Crippen molar-refractivity contribution < 1.29 is 60.4 Å². The highest BCUT2D eigenvalue weighted by atomic mass is 19.4. The number of ether oxygens (including phenoxy) is 2. The minimum atomic E-state index is -5.08. The molecule has 0 radical (unpaired) electrons. The fourth-order valence-corrected chi connectivity index (χ4v) is 2.73. The predicted octanol–water partition coefficient (Wildman–Crippen LogP) is 2.72. The van der Waals surface area contributed by atoms with E-state index in [9.17, 15) is 31.1 Å². The van der Waals surface area contributed by atoms with Crippen LogP contribution in [0.4, 0.5) is 32.2 Å². The van der Waals surface area contributed by atoms with E-state index in [-0.39, 0.29) is 11.9 Å². The van der Waals surface area contributed by atoms with Crippen LogP contribution in [0.1, 0.15) is 27.9 Å². The van der Waals surface area contributed by atoms with E-state index in [0.717, 1.165) is 5.69 Å². The summed E-state index contributed by atoms with van der Waals surface area (Å²) in [5, 5.41) is 17.4. The van der Waals surface area contributed by atoms with Crippen molar-refractivity contribution in [1.29, 1.82) is 0 Å². The molecule has 1 atom stereocenters. The summed E-state index contributed by atoms with van der Waals surface area (Å²) in [5.74, 6) is -4.35. The normalized spacial score (nSPS) is 15.1. The summed E-state index contributed by atoms with van der Waals surface area (Å²) in [6.45, 7) is 4.46. The third kappa shape index (κ3) is 11.8. The number of hydrogen-bond acceptors (Lipinski definition) is 9. The number of nitrogens with zero attached hydrogens (tertiary/aromatic N) is 4. The van der Waals surface area contributed by atoms with Crippen LogP contribution in [0.25, 0.3) is 0 Å². The van der Waals surface area contributed by atoms with Crippen LogP contribution < -0.4 is 5.32 Å². The quantitative estimate of drug-likeness (QED) is 0.337.